The minimum Gasteiger partial charge on any atom is -0.240 e. The van der Waals surface area contributed by atoms with Gasteiger partial charge in [0.15, 0.2) is 6.21 Å². The fraction of sp³-hybridized carbons (Fsp3) is 0.412. The summed E-state index contributed by atoms with van der Waals surface area (Å²) in [6.45, 7) is 3.45. The molecular formula is C17H23N3+2. The van der Waals surface area contributed by atoms with Gasteiger partial charge in [0.25, 0.3) is 0 Å². The Hall–Kier alpha value is -1.90. The van der Waals surface area contributed by atoms with E-state index in [1.165, 1.54) is 36.9 Å². The average molecular weight is 269 g/mol. The molecule has 104 valence electrons. The van der Waals surface area contributed by atoms with E-state index in [4.69, 9.17) is 0 Å². The summed E-state index contributed by atoms with van der Waals surface area (Å²) in [6, 6.07) is 8.74. The van der Waals surface area contributed by atoms with Crippen LogP contribution in [0, 0.1) is 0 Å². The molecule has 0 atom stereocenters. The normalized spacial score (nSPS) is 13.9. The van der Waals surface area contributed by atoms with E-state index in [0.29, 0.717) is 0 Å². The van der Waals surface area contributed by atoms with Crippen LogP contribution in [0.15, 0.2) is 43.0 Å². The van der Waals surface area contributed by atoms with E-state index in [1.54, 1.807) is 0 Å². The molecule has 0 unspecified atom stereocenters. The predicted molar refractivity (Wildman–Crippen MR) is 80.1 cm³/mol. The van der Waals surface area contributed by atoms with Crippen LogP contribution < -0.4 is 4.57 Å². The number of aromatic nitrogens is 2. The fourth-order valence-corrected chi connectivity index (χ4v) is 2.83. The van der Waals surface area contributed by atoms with E-state index in [0.717, 1.165) is 13.1 Å². The Kier molecular flexibility index (Phi) is 3.95. The molecule has 2 aromatic rings. The summed E-state index contributed by atoms with van der Waals surface area (Å²) in [5.74, 6) is 0. The summed E-state index contributed by atoms with van der Waals surface area (Å²) in [5.41, 5.74) is 2.89. The topological polar surface area (TPSA) is 11.8 Å². The lowest BCUT2D eigenvalue weighted by Gasteiger charge is -2.11. The molecule has 1 aromatic carbocycles. The summed E-state index contributed by atoms with van der Waals surface area (Å²) in [6.07, 6.45) is 12.4. The van der Waals surface area contributed by atoms with E-state index < -0.39 is 0 Å². The number of aryl methyl sites for hydroxylation is 2. The average Bonchev–Trinajstić information content (AvgIpc) is 2.89. The van der Waals surface area contributed by atoms with Crippen molar-refractivity contribution in [3.8, 4) is 0 Å². The number of rotatable bonds is 5. The third-order valence-electron chi connectivity index (χ3n) is 3.98. The van der Waals surface area contributed by atoms with Gasteiger partial charge in [0, 0.05) is 18.4 Å². The molecule has 3 rings (SSSR count). The number of nitrogens with zero attached hydrogens (tertiary/aromatic N) is 3. The molecule has 3 heteroatoms. The molecule has 3 nitrogen and oxygen atoms in total. The van der Waals surface area contributed by atoms with Crippen LogP contribution in [0.4, 0.5) is 0 Å². The quantitative estimate of drug-likeness (QED) is 0.579. The molecule has 0 N–H and O–H groups in total. The van der Waals surface area contributed by atoms with Gasteiger partial charge in [-0.05, 0) is 18.1 Å². The lowest BCUT2D eigenvalue weighted by molar-refractivity contribution is -0.671. The molecule has 20 heavy (non-hydrogen) atoms. The maximum Gasteiger partial charge on any atom is 0.243 e. The standard InChI is InChI=1S/C17H23N3/c1-18-12-13-20(15-18)10-5-4-9-19-11-8-16-6-2-3-7-17(16)14-19/h2-3,6-7,12-15H,4-5,8-11H2,1H3/q+2. The first kappa shape index (κ1) is 13.1. The van der Waals surface area contributed by atoms with Crippen molar-refractivity contribution in [1.29, 1.82) is 0 Å². The fourth-order valence-electron chi connectivity index (χ4n) is 2.83. The van der Waals surface area contributed by atoms with Crippen LogP contribution in [0.5, 0.6) is 0 Å². The summed E-state index contributed by atoms with van der Waals surface area (Å²) in [7, 11) is 2.07. The zero-order chi connectivity index (χ0) is 13.8. The Bertz CT molecular complexity index is 610. The highest BCUT2D eigenvalue weighted by Crippen LogP contribution is 2.11. The van der Waals surface area contributed by atoms with Crippen LogP contribution in [0.3, 0.4) is 0 Å². The molecule has 0 bridgehead atoms. The van der Waals surface area contributed by atoms with Crippen molar-refractivity contribution in [2.24, 2.45) is 7.05 Å². The van der Waals surface area contributed by atoms with Crippen LogP contribution in [0.25, 0.3) is 0 Å². The number of fused-ring (bicyclic) bond motifs is 1. The number of hydrogen-bond acceptors (Lipinski definition) is 0. The SMILES string of the molecule is C[n+]1ccn(CCCC[N+]2=Cc3ccccc3CC2)c1. The first-order chi connectivity index (χ1) is 9.81. The number of hydrogen-bond donors (Lipinski definition) is 0. The van der Waals surface area contributed by atoms with E-state index in [9.17, 15) is 0 Å². The first-order valence-electron chi connectivity index (χ1n) is 7.49. The third-order valence-corrected chi connectivity index (χ3v) is 3.98. The summed E-state index contributed by atoms with van der Waals surface area (Å²) >= 11 is 0. The van der Waals surface area contributed by atoms with Crippen LogP contribution >= 0.6 is 0 Å². The van der Waals surface area contributed by atoms with Crippen LogP contribution in [0.1, 0.15) is 24.0 Å². The van der Waals surface area contributed by atoms with Gasteiger partial charge in [-0.15, -0.1) is 0 Å². The second-order valence-electron chi connectivity index (χ2n) is 5.64. The molecule has 0 spiro atoms. The Labute approximate surface area is 120 Å². The van der Waals surface area contributed by atoms with Gasteiger partial charge in [-0.25, -0.2) is 13.7 Å². The number of benzene rings is 1. The number of imidazole rings is 1. The van der Waals surface area contributed by atoms with Crippen molar-refractivity contribution in [2.75, 3.05) is 13.1 Å². The molecule has 0 aliphatic carbocycles. The maximum atomic E-state index is 2.47. The Morgan fingerprint density at radius 3 is 2.95 bits per heavy atom. The van der Waals surface area contributed by atoms with Crippen molar-refractivity contribution < 1.29 is 9.14 Å². The molecule has 1 aliphatic rings. The molecule has 1 aromatic heterocycles. The highest BCUT2D eigenvalue weighted by Gasteiger charge is 2.14. The van der Waals surface area contributed by atoms with E-state index in [1.807, 2.05) is 0 Å². The Morgan fingerprint density at radius 2 is 2.10 bits per heavy atom. The van der Waals surface area contributed by atoms with Gasteiger partial charge in [-0.2, -0.15) is 0 Å². The van der Waals surface area contributed by atoms with E-state index in [-0.39, 0.29) is 0 Å². The van der Waals surface area contributed by atoms with Crippen molar-refractivity contribution in [2.45, 2.75) is 25.8 Å². The molecule has 1 aliphatic heterocycles. The molecule has 0 fully saturated rings. The Morgan fingerprint density at radius 1 is 1.20 bits per heavy atom. The summed E-state index contributed by atoms with van der Waals surface area (Å²) in [5, 5.41) is 0. The second kappa shape index (κ2) is 6.04. The second-order valence-corrected chi connectivity index (χ2v) is 5.64. The lowest BCUT2D eigenvalue weighted by Crippen LogP contribution is -2.24. The van der Waals surface area contributed by atoms with E-state index in [2.05, 4.69) is 70.0 Å². The zero-order valence-corrected chi connectivity index (χ0v) is 12.2. The molecule has 0 saturated carbocycles. The van der Waals surface area contributed by atoms with Crippen molar-refractivity contribution in [1.82, 2.24) is 4.57 Å². The van der Waals surface area contributed by atoms with Crippen LogP contribution in [-0.2, 0) is 20.0 Å². The largest absolute Gasteiger partial charge is 0.243 e. The first-order valence-corrected chi connectivity index (χ1v) is 7.49. The van der Waals surface area contributed by atoms with Crippen molar-refractivity contribution in [3.05, 3.63) is 54.1 Å². The van der Waals surface area contributed by atoms with Gasteiger partial charge >= 0.3 is 0 Å². The van der Waals surface area contributed by atoms with Crippen LogP contribution in [0.2, 0.25) is 0 Å². The summed E-state index contributed by atoms with van der Waals surface area (Å²) < 4.78 is 6.82. The van der Waals surface area contributed by atoms with E-state index >= 15 is 0 Å². The minimum absolute atomic E-state index is 1.12. The molecular weight excluding hydrogens is 246 g/mol. The van der Waals surface area contributed by atoms with Gasteiger partial charge in [-0.1, -0.05) is 18.2 Å². The summed E-state index contributed by atoms with van der Waals surface area (Å²) in [4.78, 5) is 0. The molecule has 0 saturated heterocycles. The maximum absolute atomic E-state index is 2.47. The van der Waals surface area contributed by atoms with Gasteiger partial charge in [0.05, 0.1) is 13.6 Å². The third kappa shape index (κ3) is 3.16. The van der Waals surface area contributed by atoms with Crippen molar-refractivity contribution in [3.63, 3.8) is 0 Å². The number of unbranched alkanes of at least 4 members (excludes halogenated alkanes) is 1. The molecule has 2 heterocycles. The van der Waals surface area contributed by atoms with Gasteiger partial charge in [-0.3, -0.25) is 0 Å². The zero-order valence-electron chi connectivity index (χ0n) is 12.2. The van der Waals surface area contributed by atoms with Gasteiger partial charge in [0.2, 0.25) is 6.33 Å². The molecule has 0 amide bonds. The molecule has 0 radical (unpaired) electrons. The van der Waals surface area contributed by atoms with Crippen molar-refractivity contribution >= 4 is 6.21 Å². The highest BCUT2D eigenvalue weighted by molar-refractivity contribution is 5.78. The lowest BCUT2D eigenvalue weighted by atomic mass is 10.0. The van der Waals surface area contributed by atoms with Gasteiger partial charge in [0.1, 0.15) is 25.5 Å². The minimum atomic E-state index is 1.12. The monoisotopic (exact) mass is 269 g/mol. The van der Waals surface area contributed by atoms with Gasteiger partial charge < -0.3 is 0 Å². The predicted octanol–water partition coefficient (Wildman–Crippen LogP) is 1.78. The Balaban J connectivity index is 1.49. The smallest absolute Gasteiger partial charge is 0.240 e. The van der Waals surface area contributed by atoms with Crippen LogP contribution in [-0.4, -0.2) is 28.4 Å². The highest BCUT2D eigenvalue weighted by atomic mass is 15.1.